The van der Waals surface area contributed by atoms with Crippen LogP contribution in [0.1, 0.15) is 5.56 Å². The van der Waals surface area contributed by atoms with Crippen LogP contribution in [0.25, 0.3) is 5.70 Å². The average molecular weight is 165 g/mol. The van der Waals surface area contributed by atoms with Gasteiger partial charge >= 0.3 is 0 Å². The van der Waals surface area contributed by atoms with E-state index in [1.165, 1.54) is 0 Å². The second-order valence-corrected chi connectivity index (χ2v) is 2.73. The van der Waals surface area contributed by atoms with E-state index in [1.54, 1.807) is 0 Å². The molecule has 1 rings (SSSR count). The maximum Gasteiger partial charge on any atom is 0.0349 e. The van der Waals surface area contributed by atoms with Gasteiger partial charge in [-0.2, -0.15) is 0 Å². The normalized spacial score (nSPS) is 9.27. The monoisotopic (exact) mass is 165 g/mol. The SMILES string of the molecule is C=C(NC)c1ccccc1S. The van der Waals surface area contributed by atoms with Crippen molar-refractivity contribution in [1.82, 2.24) is 5.32 Å². The molecule has 0 amide bonds. The fourth-order valence-corrected chi connectivity index (χ4v) is 1.16. The molecule has 0 spiro atoms. The summed E-state index contributed by atoms with van der Waals surface area (Å²) < 4.78 is 0. The summed E-state index contributed by atoms with van der Waals surface area (Å²) in [6.07, 6.45) is 0. The van der Waals surface area contributed by atoms with Gasteiger partial charge in [-0.1, -0.05) is 24.8 Å². The molecule has 0 radical (unpaired) electrons. The Morgan fingerprint density at radius 2 is 2.09 bits per heavy atom. The van der Waals surface area contributed by atoms with E-state index in [0.717, 1.165) is 16.2 Å². The van der Waals surface area contributed by atoms with Gasteiger partial charge in [0.05, 0.1) is 0 Å². The van der Waals surface area contributed by atoms with Gasteiger partial charge < -0.3 is 5.32 Å². The Hall–Kier alpha value is -0.890. The zero-order valence-electron chi connectivity index (χ0n) is 6.46. The number of rotatable bonds is 2. The van der Waals surface area contributed by atoms with Crippen LogP contribution in [0.2, 0.25) is 0 Å². The van der Waals surface area contributed by atoms with E-state index < -0.39 is 0 Å². The minimum absolute atomic E-state index is 0.899. The minimum atomic E-state index is 0.899. The second-order valence-electron chi connectivity index (χ2n) is 2.25. The highest BCUT2D eigenvalue weighted by Gasteiger charge is 1.98. The Morgan fingerprint density at radius 3 is 2.64 bits per heavy atom. The smallest absolute Gasteiger partial charge is 0.0349 e. The first-order valence-electron chi connectivity index (χ1n) is 3.40. The molecule has 0 saturated carbocycles. The maximum absolute atomic E-state index is 4.29. The molecule has 1 aromatic rings. The van der Waals surface area contributed by atoms with Gasteiger partial charge in [0, 0.05) is 23.2 Å². The average Bonchev–Trinajstić information content (AvgIpc) is 2.04. The third-order valence-electron chi connectivity index (χ3n) is 1.53. The van der Waals surface area contributed by atoms with Gasteiger partial charge in [-0.05, 0) is 6.07 Å². The maximum atomic E-state index is 4.29. The number of benzene rings is 1. The van der Waals surface area contributed by atoms with Crippen LogP contribution < -0.4 is 5.32 Å². The zero-order chi connectivity index (χ0) is 8.27. The topological polar surface area (TPSA) is 12.0 Å². The zero-order valence-corrected chi connectivity index (χ0v) is 7.36. The summed E-state index contributed by atoms with van der Waals surface area (Å²) in [6.45, 7) is 3.84. The molecule has 0 aliphatic carbocycles. The lowest BCUT2D eigenvalue weighted by Gasteiger charge is -2.06. The highest BCUT2D eigenvalue weighted by molar-refractivity contribution is 7.80. The largest absolute Gasteiger partial charge is 0.388 e. The van der Waals surface area contributed by atoms with E-state index in [1.807, 2.05) is 31.3 Å². The predicted molar refractivity (Wildman–Crippen MR) is 51.8 cm³/mol. The summed E-state index contributed by atoms with van der Waals surface area (Å²) in [5, 5.41) is 2.98. The number of hydrogen-bond donors (Lipinski definition) is 2. The lowest BCUT2D eigenvalue weighted by atomic mass is 10.2. The van der Waals surface area contributed by atoms with Crippen molar-refractivity contribution in [3.05, 3.63) is 36.4 Å². The molecular weight excluding hydrogens is 154 g/mol. The van der Waals surface area contributed by atoms with Crippen LogP contribution in [0.15, 0.2) is 35.7 Å². The van der Waals surface area contributed by atoms with Gasteiger partial charge in [0.2, 0.25) is 0 Å². The van der Waals surface area contributed by atoms with Gasteiger partial charge in [-0.15, -0.1) is 12.6 Å². The highest BCUT2D eigenvalue weighted by atomic mass is 32.1. The third-order valence-corrected chi connectivity index (χ3v) is 1.92. The Kier molecular flexibility index (Phi) is 2.60. The van der Waals surface area contributed by atoms with E-state index in [2.05, 4.69) is 24.5 Å². The van der Waals surface area contributed by atoms with E-state index in [9.17, 15) is 0 Å². The fourth-order valence-electron chi connectivity index (χ4n) is 0.863. The molecule has 1 nitrogen and oxygen atoms in total. The molecule has 1 N–H and O–H groups in total. The first-order valence-corrected chi connectivity index (χ1v) is 3.85. The standard InChI is InChI=1S/C9H11NS/c1-7(10-2)8-5-3-4-6-9(8)11/h3-6,10-11H,1H2,2H3. The summed E-state index contributed by atoms with van der Waals surface area (Å²) in [6, 6.07) is 7.86. The molecule has 0 atom stereocenters. The molecule has 11 heavy (non-hydrogen) atoms. The molecule has 0 heterocycles. The Labute approximate surface area is 72.5 Å². The molecule has 0 aliphatic heterocycles. The van der Waals surface area contributed by atoms with E-state index in [4.69, 9.17) is 0 Å². The number of hydrogen-bond acceptors (Lipinski definition) is 2. The highest BCUT2D eigenvalue weighted by Crippen LogP contribution is 2.17. The van der Waals surface area contributed by atoms with E-state index >= 15 is 0 Å². The second kappa shape index (κ2) is 3.49. The molecule has 0 bridgehead atoms. The minimum Gasteiger partial charge on any atom is -0.388 e. The van der Waals surface area contributed by atoms with Crippen LogP contribution in [-0.2, 0) is 0 Å². The van der Waals surface area contributed by atoms with Crippen LogP contribution >= 0.6 is 12.6 Å². The van der Waals surface area contributed by atoms with Crippen LogP contribution in [0.4, 0.5) is 0 Å². The van der Waals surface area contributed by atoms with Crippen LogP contribution in [0.5, 0.6) is 0 Å². The number of nitrogens with one attached hydrogen (secondary N) is 1. The van der Waals surface area contributed by atoms with Crippen molar-refractivity contribution in [2.45, 2.75) is 4.90 Å². The molecule has 0 fully saturated rings. The summed E-state index contributed by atoms with van der Waals surface area (Å²) in [5.41, 5.74) is 1.95. The van der Waals surface area contributed by atoms with Crippen molar-refractivity contribution in [1.29, 1.82) is 0 Å². The van der Waals surface area contributed by atoms with Crippen molar-refractivity contribution >= 4 is 18.3 Å². The lowest BCUT2D eigenvalue weighted by Crippen LogP contribution is -2.03. The lowest BCUT2D eigenvalue weighted by molar-refractivity contribution is 1.12. The fraction of sp³-hybridized carbons (Fsp3) is 0.111. The summed E-state index contributed by atoms with van der Waals surface area (Å²) >= 11 is 4.29. The summed E-state index contributed by atoms with van der Waals surface area (Å²) in [5.74, 6) is 0. The molecule has 0 aromatic heterocycles. The van der Waals surface area contributed by atoms with E-state index in [0.29, 0.717) is 0 Å². The van der Waals surface area contributed by atoms with E-state index in [-0.39, 0.29) is 0 Å². The molecule has 1 aromatic carbocycles. The molecular formula is C9H11NS. The quantitative estimate of drug-likeness (QED) is 0.640. The first kappa shape index (κ1) is 8.21. The Morgan fingerprint density at radius 1 is 1.45 bits per heavy atom. The van der Waals surface area contributed by atoms with Gasteiger partial charge in [0.15, 0.2) is 0 Å². The van der Waals surface area contributed by atoms with Crippen molar-refractivity contribution in [3.8, 4) is 0 Å². The van der Waals surface area contributed by atoms with Crippen molar-refractivity contribution in [3.63, 3.8) is 0 Å². The molecule has 0 aliphatic rings. The number of thiol groups is 1. The van der Waals surface area contributed by atoms with Crippen molar-refractivity contribution in [2.75, 3.05) is 7.05 Å². The molecule has 58 valence electrons. The van der Waals surface area contributed by atoms with Crippen molar-refractivity contribution < 1.29 is 0 Å². The van der Waals surface area contributed by atoms with Gasteiger partial charge in [0.25, 0.3) is 0 Å². The van der Waals surface area contributed by atoms with Crippen LogP contribution in [0.3, 0.4) is 0 Å². The van der Waals surface area contributed by atoms with Gasteiger partial charge in [-0.25, -0.2) is 0 Å². The molecule has 0 saturated heterocycles. The molecule has 0 unspecified atom stereocenters. The third kappa shape index (κ3) is 1.77. The van der Waals surface area contributed by atoms with Gasteiger partial charge in [0.1, 0.15) is 0 Å². The predicted octanol–water partition coefficient (Wildman–Crippen LogP) is 2.17. The van der Waals surface area contributed by atoms with Crippen LogP contribution in [-0.4, -0.2) is 7.05 Å². The summed E-state index contributed by atoms with van der Waals surface area (Å²) in [4.78, 5) is 0.951. The summed E-state index contributed by atoms with van der Waals surface area (Å²) in [7, 11) is 1.85. The Bertz CT molecular complexity index is 268. The van der Waals surface area contributed by atoms with Crippen molar-refractivity contribution in [2.24, 2.45) is 0 Å². The van der Waals surface area contributed by atoms with Crippen LogP contribution in [0, 0.1) is 0 Å². The molecule has 2 heteroatoms. The Balaban J connectivity index is 3.03. The first-order chi connectivity index (χ1) is 5.25. The van der Waals surface area contributed by atoms with Gasteiger partial charge in [-0.3, -0.25) is 0 Å².